The van der Waals surface area contributed by atoms with E-state index in [2.05, 4.69) is 5.32 Å². The number of carbonyl (C=O) groups excluding carboxylic acids is 1. The second kappa shape index (κ2) is 8.29. The lowest BCUT2D eigenvalue weighted by Crippen LogP contribution is -2.28. The van der Waals surface area contributed by atoms with Crippen LogP contribution in [0.3, 0.4) is 0 Å². The van der Waals surface area contributed by atoms with Crippen LogP contribution in [-0.2, 0) is 14.8 Å². The van der Waals surface area contributed by atoms with Crippen LogP contribution in [0, 0.1) is 5.92 Å². The minimum atomic E-state index is -3.43. The number of nitrogens with one attached hydrogen (secondary N) is 1. The highest BCUT2D eigenvalue weighted by atomic mass is 32.2. The summed E-state index contributed by atoms with van der Waals surface area (Å²) in [4.78, 5) is 12.4. The minimum Gasteiger partial charge on any atom is -0.381 e. The summed E-state index contributed by atoms with van der Waals surface area (Å²) in [5.74, 6) is 0.567. The van der Waals surface area contributed by atoms with Crippen molar-refractivity contribution in [3.63, 3.8) is 0 Å². The average Bonchev–Trinajstić information content (AvgIpc) is 3.26. The van der Waals surface area contributed by atoms with E-state index in [4.69, 9.17) is 4.74 Å². The molecule has 7 heteroatoms. The summed E-state index contributed by atoms with van der Waals surface area (Å²) in [7, 11) is -3.43. The monoisotopic (exact) mass is 366 g/mol. The molecule has 0 spiro atoms. The van der Waals surface area contributed by atoms with Crippen molar-refractivity contribution in [2.45, 2.75) is 37.0 Å². The highest BCUT2D eigenvalue weighted by Gasteiger charge is 2.27. The second-order valence-electron chi connectivity index (χ2n) is 6.76. The third kappa shape index (κ3) is 5.03. The SMILES string of the molecule is O=C(NCCCOCC1CC1)c1ccc(S(=O)(=O)N2CCCC2)cc1. The molecule has 0 unspecified atom stereocenters. The number of ether oxygens (including phenoxy) is 1. The first kappa shape index (κ1) is 18.4. The molecule has 25 heavy (non-hydrogen) atoms. The fourth-order valence-corrected chi connectivity index (χ4v) is 4.39. The second-order valence-corrected chi connectivity index (χ2v) is 8.70. The van der Waals surface area contributed by atoms with E-state index in [1.165, 1.54) is 29.3 Å². The molecule has 2 fully saturated rings. The molecule has 6 nitrogen and oxygen atoms in total. The van der Waals surface area contributed by atoms with Crippen LogP contribution in [0.1, 0.15) is 42.5 Å². The molecular formula is C18H26N2O4S. The molecule has 1 N–H and O–H groups in total. The Morgan fingerprint density at radius 1 is 1.16 bits per heavy atom. The molecule has 1 saturated heterocycles. The van der Waals surface area contributed by atoms with E-state index in [1.54, 1.807) is 12.1 Å². The first-order valence-electron chi connectivity index (χ1n) is 9.03. The Bertz CT molecular complexity index is 678. The van der Waals surface area contributed by atoms with Crippen LogP contribution >= 0.6 is 0 Å². The van der Waals surface area contributed by atoms with Gasteiger partial charge in [0, 0.05) is 38.4 Å². The minimum absolute atomic E-state index is 0.188. The van der Waals surface area contributed by atoms with Gasteiger partial charge in [0.1, 0.15) is 0 Å². The van der Waals surface area contributed by atoms with E-state index in [-0.39, 0.29) is 10.8 Å². The van der Waals surface area contributed by atoms with Gasteiger partial charge in [0.05, 0.1) is 4.90 Å². The van der Waals surface area contributed by atoms with Gasteiger partial charge in [-0.3, -0.25) is 4.79 Å². The fraction of sp³-hybridized carbons (Fsp3) is 0.611. The summed E-state index contributed by atoms with van der Waals surface area (Å²) < 4.78 is 31.9. The number of sulfonamides is 1. The Balaban J connectivity index is 1.45. The first-order valence-corrected chi connectivity index (χ1v) is 10.5. The van der Waals surface area contributed by atoms with Crippen molar-refractivity contribution in [2.24, 2.45) is 5.92 Å². The van der Waals surface area contributed by atoms with Crippen molar-refractivity contribution >= 4 is 15.9 Å². The molecule has 2 aliphatic rings. The number of amides is 1. The third-order valence-electron chi connectivity index (χ3n) is 4.62. The summed E-state index contributed by atoms with van der Waals surface area (Å²) in [5, 5.41) is 2.84. The van der Waals surface area contributed by atoms with Crippen LogP contribution < -0.4 is 5.32 Å². The van der Waals surface area contributed by atoms with Crippen LogP contribution in [-0.4, -0.2) is 51.5 Å². The van der Waals surface area contributed by atoms with Crippen molar-refractivity contribution < 1.29 is 17.9 Å². The van der Waals surface area contributed by atoms with Gasteiger partial charge in [-0.2, -0.15) is 4.31 Å². The lowest BCUT2D eigenvalue weighted by molar-refractivity contribution is 0.0937. The predicted octanol–water partition coefficient (Wildman–Crippen LogP) is 2.02. The van der Waals surface area contributed by atoms with Crippen LogP contribution in [0.15, 0.2) is 29.2 Å². The molecule has 1 aliphatic carbocycles. The maximum absolute atomic E-state index is 12.5. The number of carbonyl (C=O) groups is 1. The van der Waals surface area contributed by atoms with Gasteiger partial charge in [-0.25, -0.2) is 8.42 Å². The molecular weight excluding hydrogens is 340 g/mol. The van der Waals surface area contributed by atoms with Gasteiger partial charge < -0.3 is 10.1 Å². The number of hydrogen-bond donors (Lipinski definition) is 1. The standard InChI is InChI=1S/C18H26N2O4S/c21-18(19-10-3-13-24-14-15-4-5-15)16-6-8-17(9-7-16)25(22,23)20-11-1-2-12-20/h6-9,15H,1-5,10-14H2,(H,19,21). The topological polar surface area (TPSA) is 75.7 Å². The molecule has 1 heterocycles. The Hall–Kier alpha value is -1.44. The maximum Gasteiger partial charge on any atom is 0.251 e. The van der Waals surface area contributed by atoms with Gasteiger partial charge in [-0.1, -0.05) is 0 Å². The van der Waals surface area contributed by atoms with Crippen LogP contribution in [0.25, 0.3) is 0 Å². The predicted molar refractivity (Wildman–Crippen MR) is 94.9 cm³/mol. The Labute approximate surface area is 149 Å². The molecule has 0 atom stereocenters. The number of benzene rings is 1. The molecule has 1 amide bonds. The highest BCUT2D eigenvalue weighted by Crippen LogP contribution is 2.28. The first-order chi connectivity index (χ1) is 12.1. The van der Waals surface area contributed by atoms with Crippen molar-refractivity contribution in [3.8, 4) is 0 Å². The summed E-state index contributed by atoms with van der Waals surface area (Å²) in [6.45, 7) is 3.20. The zero-order valence-corrected chi connectivity index (χ0v) is 15.3. The van der Waals surface area contributed by atoms with Gasteiger partial charge >= 0.3 is 0 Å². The van der Waals surface area contributed by atoms with E-state index in [1.807, 2.05) is 0 Å². The largest absolute Gasteiger partial charge is 0.381 e. The van der Waals surface area contributed by atoms with E-state index in [9.17, 15) is 13.2 Å². The average molecular weight is 366 g/mol. The van der Waals surface area contributed by atoms with E-state index >= 15 is 0 Å². The molecule has 1 saturated carbocycles. The van der Waals surface area contributed by atoms with Gasteiger partial charge in [0.25, 0.3) is 5.91 Å². The smallest absolute Gasteiger partial charge is 0.251 e. The molecule has 0 bridgehead atoms. The van der Waals surface area contributed by atoms with Crippen LogP contribution in [0.4, 0.5) is 0 Å². The summed E-state index contributed by atoms with van der Waals surface area (Å²) in [5.41, 5.74) is 0.472. The highest BCUT2D eigenvalue weighted by molar-refractivity contribution is 7.89. The van der Waals surface area contributed by atoms with Crippen molar-refractivity contribution in [1.82, 2.24) is 9.62 Å². The lowest BCUT2D eigenvalue weighted by atomic mass is 10.2. The van der Waals surface area contributed by atoms with E-state index in [0.29, 0.717) is 31.8 Å². The zero-order chi connectivity index (χ0) is 17.7. The van der Waals surface area contributed by atoms with Crippen molar-refractivity contribution in [2.75, 3.05) is 32.8 Å². The van der Waals surface area contributed by atoms with Crippen LogP contribution in [0.5, 0.6) is 0 Å². The number of nitrogens with zero attached hydrogens (tertiary/aromatic N) is 1. The number of rotatable bonds is 9. The summed E-state index contributed by atoms with van der Waals surface area (Å²) in [6, 6.07) is 6.17. The maximum atomic E-state index is 12.5. The Kier molecular flexibility index (Phi) is 6.09. The number of hydrogen-bond acceptors (Lipinski definition) is 4. The zero-order valence-electron chi connectivity index (χ0n) is 14.4. The molecule has 0 radical (unpaired) electrons. The fourth-order valence-electron chi connectivity index (χ4n) is 2.87. The van der Waals surface area contributed by atoms with Crippen molar-refractivity contribution in [1.29, 1.82) is 0 Å². The summed E-state index contributed by atoms with van der Waals surface area (Å²) in [6.07, 6.45) is 5.15. The Morgan fingerprint density at radius 2 is 1.84 bits per heavy atom. The Morgan fingerprint density at radius 3 is 2.48 bits per heavy atom. The molecule has 1 aliphatic heterocycles. The van der Waals surface area contributed by atoms with Gasteiger partial charge in [0.15, 0.2) is 0 Å². The van der Waals surface area contributed by atoms with Crippen LogP contribution in [0.2, 0.25) is 0 Å². The molecule has 1 aromatic carbocycles. The van der Waals surface area contributed by atoms with Gasteiger partial charge in [-0.05, 0) is 62.3 Å². The van der Waals surface area contributed by atoms with E-state index in [0.717, 1.165) is 31.8 Å². The molecule has 1 aromatic rings. The van der Waals surface area contributed by atoms with Gasteiger partial charge in [0.2, 0.25) is 10.0 Å². The molecule has 3 rings (SSSR count). The quantitative estimate of drug-likeness (QED) is 0.679. The van der Waals surface area contributed by atoms with E-state index < -0.39 is 10.0 Å². The van der Waals surface area contributed by atoms with Crippen molar-refractivity contribution in [3.05, 3.63) is 29.8 Å². The third-order valence-corrected chi connectivity index (χ3v) is 6.53. The normalized spacial score (nSPS) is 18.4. The molecule has 0 aromatic heterocycles. The molecule has 138 valence electrons. The summed E-state index contributed by atoms with van der Waals surface area (Å²) >= 11 is 0. The van der Waals surface area contributed by atoms with Gasteiger partial charge in [-0.15, -0.1) is 0 Å². The lowest BCUT2D eigenvalue weighted by Gasteiger charge is -2.15.